The van der Waals surface area contributed by atoms with Crippen LogP contribution in [-0.4, -0.2) is 25.9 Å². The summed E-state index contributed by atoms with van der Waals surface area (Å²) in [6, 6.07) is 1.68. The lowest BCUT2D eigenvalue weighted by atomic mass is 10.2. The Kier molecular flexibility index (Phi) is 4.55. The zero-order chi connectivity index (χ0) is 13.9. The highest BCUT2D eigenvalue weighted by molar-refractivity contribution is 9.10. The molecular formula is C10H7BrF4O3. The molecule has 0 aliphatic carbocycles. The van der Waals surface area contributed by atoms with E-state index in [0.29, 0.717) is 0 Å². The van der Waals surface area contributed by atoms with Crippen molar-refractivity contribution >= 4 is 21.9 Å². The van der Waals surface area contributed by atoms with Crippen LogP contribution in [0.5, 0.6) is 5.75 Å². The summed E-state index contributed by atoms with van der Waals surface area (Å²) in [5, 5.41) is 0. The average molecular weight is 331 g/mol. The molecule has 0 aromatic heterocycles. The first-order valence-electron chi connectivity index (χ1n) is 4.51. The number of hydrogen-bond acceptors (Lipinski definition) is 3. The molecular weight excluding hydrogens is 324 g/mol. The molecule has 1 aromatic rings. The number of carbonyl (C=O) groups is 1. The van der Waals surface area contributed by atoms with Gasteiger partial charge in [-0.3, -0.25) is 0 Å². The monoisotopic (exact) mass is 330 g/mol. The molecule has 0 atom stereocenters. The van der Waals surface area contributed by atoms with E-state index < -0.39 is 30.3 Å². The van der Waals surface area contributed by atoms with Crippen LogP contribution in [0.1, 0.15) is 10.4 Å². The second-order valence-electron chi connectivity index (χ2n) is 3.16. The minimum absolute atomic E-state index is 0.0768. The van der Waals surface area contributed by atoms with E-state index >= 15 is 0 Å². The van der Waals surface area contributed by atoms with E-state index in [1.54, 1.807) is 0 Å². The minimum atomic E-state index is -4.57. The van der Waals surface area contributed by atoms with Gasteiger partial charge < -0.3 is 9.47 Å². The standard InChI is InChI=1S/C10H7BrF4O3/c1-17-9(16)5-2-7(12)8(3-6(5)11)18-4-10(13,14)15/h2-3H,4H2,1H3. The zero-order valence-electron chi connectivity index (χ0n) is 8.98. The summed E-state index contributed by atoms with van der Waals surface area (Å²) in [4.78, 5) is 11.2. The maximum atomic E-state index is 13.4. The molecule has 0 spiro atoms. The fourth-order valence-electron chi connectivity index (χ4n) is 1.07. The van der Waals surface area contributed by atoms with Gasteiger partial charge in [-0.2, -0.15) is 13.2 Å². The quantitative estimate of drug-likeness (QED) is 0.630. The predicted molar refractivity (Wildman–Crippen MR) is 57.0 cm³/mol. The Morgan fingerprint density at radius 3 is 2.50 bits per heavy atom. The number of benzene rings is 1. The van der Waals surface area contributed by atoms with E-state index in [0.717, 1.165) is 19.2 Å². The summed E-state index contributed by atoms with van der Waals surface area (Å²) in [6.45, 7) is -1.62. The van der Waals surface area contributed by atoms with Gasteiger partial charge >= 0.3 is 12.1 Å². The van der Waals surface area contributed by atoms with Gasteiger partial charge in [0.15, 0.2) is 18.2 Å². The number of carbonyl (C=O) groups excluding carboxylic acids is 1. The van der Waals surface area contributed by atoms with Gasteiger partial charge in [-0.15, -0.1) is 0 Å². The molecule has 0 unspecified atom stereocenters. The molecule has 1 aromatic carbocycles. The van der Waals surface area contributed by atoms with E-state index in [1.165, 1.54) is 0 Å². The Morgan fingerprint density at radius 2 is 2.00 bits per heavy atom. The second-order valence-corrected chi connectivity index (χ2v) is 4.01. The van der Waals surface area contributed by atoms with Crippen LogP contribution >= 0.6 is 15.9 Å². The zero-order valence-corrected chi connectivity index (χ0v) is 10.6. The van der Waals surface area contributed by atoms with Crippen LogP contribution in [0.3, 0.4) is 0 Å². The Morgan fingerprint density at radius 1 is 1.39 bits per heavy atom. The van der Waals surface area contributed by atoms with Crippen LogP contribution < -0.4 is 4.74 Å². The summed E-state index contributed by atoms with van der Waals surface area (Å²) < 4.78 is 57.8. The van der Waals surface area contributed by atoms with Crippen molar-refractivity contribution in [3.8, 4) is 5.75 Å². The van der Waals surface area contributed by atoms with Crippen molar-refractivity contribution in [2.24, 2.45) is 0 Å². The Bertz CT molecular complexity index is 459. The molecule has 0 saturated carbocycles. The third-order valence-electron chi connectivity index (χ3n) is 1.82. The lowest BCUT2D eigenvalue weighted by Crippen LogP contribution is -2.19. The van der Waals surface area contributed by atoms with Gasteiger partial charge in [0.25, 0.3) is 0 Å². The molecule has 18 heavy (non-hydrogen) atoms. The second kappa shape index (κ2) is 5.55. The number of methoxy groups -OCH3 is 1. The van der Waals surface area contributed by atoms with Crippen LogP contribution in [0.15, 0.2) is 16.6 Å². The average Bonchev–Trinajstić information content (AvgIpc) is 2.27. The number of esters is 1. The first kappa shape index (κ1) is 14.7. The molecule has 0 bridgehead atoms. The number of halogens is 5. The Labute approximate surface area is 108 Å². The number of rotatable bonds is 3. The van der Waals surface area contributed by atoms with Crippen molar-refractivity contribution in [2.45, 2.75) is 6.18 Å². The largest absolute Gasteiger partial charge is 0.481 e. The lowest BCUT2D eigenvalue weighted by Gasteiger charge is -2.11. The maximum absolute atomic E-state index is 13.4. The normalized spacial score (nSPS) is 11.2. The topological polar surface area (TPSA) is 35.5 Å². The number of ether oxygens (including phenoxy) is 2. The summed E-state index contributed by atoms with van der Waals surface area (Å²) in [7, 11) is 1.10. The van der Waals surface area contributed by atoms with E-state index in [2.05, 4.69) is 25.4 Å². The minimum Gasteiger partial charge on any atom is -0.481 e. The SMILES string of the molecule is COC(=O)c1cc(F)c(OCC(F)(F)F)cc1Br. The van der Waals surface area contributed by atoms with Crippen molar-refractivity contribution in [1.29, 1.82) is 0 Å². The molecule has 0 aliphatic rings. The van der Waals surface area contributed by atoms with Gasteiger partial charge in [-0.05, 0) is 28.1 Å². The van der Waals surface area contributed by atoms with Crippen molar-refractivity contribution < 1.29 is 31.8 Å². The van der Waals surface area contributed by atoms with Gasteiger partial charge in [0.1, 0.15) is 0 Å². The molecule has 3 nitrogen and oxygen atoms in total. The Balaban J connectivity index is 2.97. The third kappa shape index (κ3) is 3.86. The van der Waals surface area contributed by atoms with Crippen molar-refractivity contribution in [3.63, 3.8) is 0 Å². The predicted octanol–water partition coefficient (Wildman–Crippen LogP) is 3.32. The van der Waals surface area contributed by atoms with Gasteiger partial charge in [0, 0.05) is 4.47 Å². The van der Waals surface area contributed by atoms with Crippen LogP contribution in [0.2, 0.25) is 0 Å². The van der Waals surface area contributed by atoms with E-state index in [4.69, 9.17) is 0 Å². The molecule has 100 valence electrons. The lowest BCUT2D eigenvalue weighted by molar-refractivity contribution is -0.153. The van der Waals surface area contributed by atoms with Crippen molar-refractivity contribution in [3.05, 3.63) is 28.0 Å². The highest BCUT2D eigenvalue weighted by Crippen LogP contribution is 2.28. The fourth-order valence-corrected chi connectivity index (χ4v) is 1.55. The van der Waals surface area contributed by atoms with Crippen molar-refractivity contribution in [1.82, 2.24) is 0 Å². The highest BCUT2D eigenvalue weighted by atomic mass is 79.9. The molecule has 0 heterocycles. The number of alkyl halides is 3. The first-order valence-corrected chi connectivity index (χ1v) is 5.31. The molecule has 0 radical (unpaired) electrons. The third-order valence-corrected chi connectivity index (χ3v) is 2.47. The molecule has 0 amide bonds. The molecule has 0 N–H and O–H groups in total. The van der Waals surface area contributed by atoms with Crippen molar-refractivity contribution in [2.75, 3.05) is 13.7 Å². The van der Waals surface area contributed by atoms with Crippen LogP contribution in [0.4, 0.5) is 17.6 Å². The Hall–Kier alpha value is -1.31. The molecule has 0 saturated heterocycles. The molecule has 8 heteroatoms. The fraction of sp³-hybridized carbons (Fsp3) is 0.300. The summed E-state index contributed by atoms with van der Waals surface area (Å²) in [6.07, 6.45) is -4.57. The van der Waals surface area contributed by atoms with E-state index in [-0.39, 0.29) is 10.0 Å². The van der Waals surface area contributed by atoms with Gasteiger partial charge in [0.05, 0.1) is 12.7 Å². The van der Waals surface area contributed by atoms with Gasteiger partial charge in [-0.1, -0.05) is 0 Å². The van der Waals surface area contributed by atoms with Gasteiger partial charge in [0.2, 0.25) is 0 Å². The molecule has 1 rings (SSSR count). The highest BCUT2D eigenvalue weighted by Gasteiger charge is 2.29. The summed E-state index contributed by atoms with van der Waals surface area (Å²) in [5.41, 5.74) is -0.144. The summed E-state index contributed by atoms with van der Waals surface area (Å²) in [5.74, 6) is -2.50. The van der Waals surface area contributed by atoms with E-state index in [1.807, 2.05) is 0 Å². The summed E-state index contributed by atoms with van der Waals surface area (Å²) >= 11 is 2.91. The number of hydrogen-bond donors (Lipinski definition) is 0. The molecule has 0 fully saturated rings. The van der Waals surface area contributed by atoms with Crippen LogP contribution in [-0.2, 0) is 4.74 Å². The van der Waals surface area contributed by atoms with E-state index in [9.17, 15) is 22.4 Å². The first-order chi connectivity index (χ1) is 8.24. The van der Waals surface area contributed by atoms with Gasteiger partial charge in [-0.25, -0.2) is 9.18 Å². The smallest absolute Gasteiger partial charge is 0.422 e. The van der Waals surface area contributed by atoms with Crippen LogP contribution in [0.25, 0.3) is 0 Å². The van der Waals surface area contributed by atoms with Crippen LogP contribution in [0, 0.1) is 5.82 Å². The molecule has 0 aliphatic heterocycles. The maximum Gasteiger partial charge on any atom is 0.422 e.